The second-order valence-corrected chi connectivity index (χ2v) is 9.40. The van der Waals surface area contributed by atoms with Gasteiger partial charge in [-0.3, -0.25) is 14.2 Å². The number of pyridine rings is 1. The van der Waals surface area contributed by atoms with E-state index in [-0.39, 0.29) is 11.1 Å². The number of ether oxygens (including phenoxy) is 6. The Kier molecular flexibility index (Phi) is 8.41. The summed E-state index contributed by atoms with van der Waals surface area (Å²) in [7, 11) is 8.65. The van der Waals surface area contributed by atoms with Crippen molar-refractivity contribution in [2.45, 2.75) is 31.7 Å². The van der Waals surface area contributed by atoms with Gasteiger partial charge >= 0.3 is 11.9 Å². The van der Waals surface area contributed by atoms with Gasteiger partial charge in [0.25, 0.3) is 5.56 Å². The van der Waals surface area contributed by atoms with Crippen LogP contribution < -0.4 is 29.2 Å². The molecule has 1 aliphatic rings. The second-order valence-electron chi connectivity index (χ2n) is 9.40. The number of esters is 1. The fourth-order valence-electron chi connectivity index (χ4n) is 5.49. The molecular weight excluding hydrogens is 522 g/mol. The maximum atomic E-state index is 14.2. The third-order valence-electron chi connectivity index (χ3n) is 7.46. The summed E-state index contributed by atoms with van der Waals surface area (Å²) < 4.78 is 34.3. The summed E-state index contributed by atoms with van der Waals surface area (Å²) in [5.41, 5.74) is 0.494. The van der Waals surface area contributed by atoms with E-state index in [4.69, 9.17) is 28.4 Å². The third-order valence-corrected chi connectivity index (χ3v) is 7.46. The van der Waals surface area contributed by atoms with E-state index >= 15 is 0 Å². The smallest absolute Gasteiger partial charge is 0.355 e. The summed E-state index contributed by atoms with van der Waals surface area (Å²) in [4.78, 5) is 39.3. The predicted octanol–water partition coefficient (Wildman–Crippen LogP) is 4.31. The van der Waals surface area contributed by atoms with Gasteiger partial charge in [0, 0.05) is 17.0 Å². The number of hydrogen-bond acceptors (Lipinski definition) is 9. The van der Waals surface area contributed by atoms with Crippen LogP contribution in [0.1, 0.15) is 42.2 Å². The molecule has 1 aliphatic carbocycles. The van der Waals surface area contributed by atoms with Crippen molar-refractivity contribution in [3.05, 3.63) is 40.3 Å². The monoisotopic (exact) mass is 555 g/mol. The SMILES string of the molecule is COC(=O)c1c(-c2cc(OC)c(OC)c(OC)c2)c2cc(OC)c(OC)cc2c(=O)n1C1CCC(C(=O)O)CC1. The van der Waals surface area contributed by atoms with Crippen molar-refractivity contribution in [3.8, 4) is 39.9 Å². The Morgan fingerprint density at radius 1 is 0.750 bits per heavy atom. The third kappa shape index (κ3) is 4.87. The molecular formula is C29H33NO10. The number of carboxylic acid groups (broad SMARTS) is 1. The standard InChI is InChI=1S/C29H33NO10/c1-35-20-13-18-19(14-21(20)36-2)27(31)30(17-9-7-15(8-10-17)28(32)33)25(29(34)40-6)24(18)16-11-22(37-3)26(39-5)23(12-16)38-4/h11-15,17H,7-10H2,1-6H3,(H,32,33). The van der Waals surface area contributed by atoms with Gasteiger partial charge in [-0.2, -0.15) is 0 Å². The van der Waals surface area contributed by atoms with Gasteiger partial charge in [0.2, 0.25) is 5.75 Å². The minimum absolute atomic E-state index is 0.0280. The van der Waals surface area contributed by atoms with E-state index in [2.05, 4.69) is 0 Å². The van der Waals surface area contributed by atoms with Crippen molar-refractivity contribution in [1.29, 1.82) is 0 Å². The zero-order valence-electron chi connectivity index (χ0n) is 23.4. The first kappa shape index (κ1) is 28.6. The number of rotatable bonds is 9. The molecule has 1 heterocycles. The number of hydrogen-bond donors (Lipinski definition) is 1. The van der Waals surface area contributed by atoms with Crippen LogP contribution in [0.2, 0.25) is 0 Å². The van der Waals surface area contributed by atoms with Gasteiger partial charge in [-0.05, 0) is 55.5 Å². The van der Waals surface area contributed by atoms with Gasteiger partial charge in [0.05, 0.1) is 54.0 Å². The number of benzene rings is 2. The van der Waals surface area contributed by atoms with Gasteiger partial charge in [-0.15, -0.1) is 0 Å². The first-order chi connectivity index (χ1) is 19.2. The zero-order chi connectivity index (χ0) is 29.1. The normalized spacial score (nSPS) is 16.8. The van der Waals surface area contributed by atoms with Crippen LogP contribution in [0.15, 0.2) is 29.1 Å². The van der Waals surface area contributed by atoms with Crippen molar-refractivity contribution >= 4 is 22.7 Å². The van der Waals surface area contributed by atoms with Gasteiger partial charge in [0.15, 0.2) is 23.0 Å². The molecule has 0 atom stereocenters. The molecule has 0 bridgehead atoms. The Balaban J connectivity index is 2.16. The molecule has 1 fully saturated rings. The van der Waals surface area contributed by atoms with E-state index in [1.165, 1.54) is 47.2 Å². The lowest BCUT2D eigenvalue weighted by atomic mass is 9.85. The van der Waals surface area contributed by atoms with E-state index in [9.17, 15) is 19.5 Å². The number of fused-ring (bicyclic) bond motifs is 1. The van der Waals surface area contributed by atoms with Crippen LogP contribution in [0.4, 0.5) is 0 Å². The molecule has 0 radical (unpaired) electrons. The lowest BCUT2D eigenvalue weighted by Gasteiger charge is -2.30. The van der Waals surface area contributed by atoms with Gasteiger partial charge < -0.3 is 33.5 Å². The highest BCUT2D eigenvalue weighted by molar-refractivity contribution is 6.08. The predicted molar refractivity (Wildman–Crippen MR) is 146 cm³/mol. The molecule has 214 valence electrons. The number of methoxy groups -OCH3 is 6. The van der Waals surface area contributed by atoms with Crippen LogP contribution in [0.5, 0.6) is 28.7 Å². The Bertz CT molecular complexity index is 1480. The molecule has 3 aromatic rings. The van der Waals surface area contributed by atoms with E-state index < -0.39 is 29.5 Å². The van der Waals surface area contributed by atoms with Crippen LogP contribution in [0.25, 0.3) is 21.9 Å². The minimum atomic E-state index is -0.868. The fraction of sp³-hybridized carbons (Fsp3) is 0.414. The Morgan fingerprint density at radius 2 is 1.27 bits per heavy atom. The highest BCUT2D eigenvalue weighted by Crippen LogP contribution is 2.45. The topological polar surface area (TPSA) is 132 Å². The molecule has 40 heavy (non-hydrogen) atoms. The fourth-order valence-corrected chi connectivity index (χ4v) is 5.49. The van der Waals surface area contributed by atoms with Crippen molar-refractivity contribution in [3.63, 3.8) is 0 Å². The maximum Gasteiger partial charge on any atom is 0.355 e. The average Bonchev–Trinajstić information content (AvgIpc) is 2.98. The van der Waals surface area contributed by atoms with Crippen molar-refractivity contribution in [2.24, 2.45) is 5.92 Å². The largest absolute Gasteiger partial charge is 0.493 e. The quantitative estimate of drug-likeness (QED) is 0.381. The van der Waals surface area contributed by atoms with Crippen molar-refractivity contribution in [1.82, 2.24) is 4.57 Å². The first-order valence-electron chi connectivity index (χ1n) is 12.7. The molecule has 1 N–H and O–H groups in total. The summed E-state index contributed by atoms with van der Waals surface area (Å²) in [6.45, 7) is 0. The molecule has 4 rings (SSSR count). The number of nitrogens with zero attached hydrogens (tertiary/aromatic N) is 1. The number of carbonyl (C=O) groups excluding carboxylic acids is 1. The van der Waals surface area contributed by atoms with Crippen LogP contribution in [0, 0.1) is 5.92 Å². The van der Waals surface area contributed by atoms with Crippen LogP contribution >= 0.6 is 0 Å². The number of aromatic nitrogens is 1. The maximum absolute atomic E-state index is 14.2. The highest BCUT2D eigenvalue weighted by Gasteiger charge is 2.33. The first-order valence-corrected chi connectivity index (χ1v) is 12.7. The van der Waals surface area contributed by atoms with Crippen molar-refractivity contribution in [2.75, 3.05) is 42.7 Å². The second kappa shape index (κ2) is 11.8. The zero-order valence-corrected chi connectivity index (χ0v) is 23.4. The lowest BCUT2D eigenvalue weighted by Crippen LogP contribution is -2.34. The van der Waals surface area contributed by atoms with Crippen LogP contribution in [0.3, 0.4) is 0 Å². The summed E-state index contributed by atoms with van der Waals surface area (Å²) in [6, 6.07) is 6.17. The summed E-state index contributed by atoms with van der Waals surface area (Å²) >= 11 is 0. The molecule has 11 heteroatoms. The lowest BCUT2D eigenvalue weighted by molar-refractivity contribution is -0.143. The van der Waals surface area contributed by atoms with Crippen molar-refractivity contribution < 1.29 is 43.1 Å². The summed E-state index contributed by atoms with van der Waals surface area (Å²) in [6.07, 6.45) is 1.54. The molecule has 0 aliphatic heterocycles. The highest BCUT2D eigenvalue weighted by atomic mass is 16.5. The molecule has 1 aromatic heterocycles. The van der Waals surface area contributed by atoms with E-state index in [1.54, 1.807) is 24.3 Å². The Morgan fingerprint density at radius 3 is 1.73 bits per heavy atom. The van der Waals surface area contributed by atoms with E-state index in [1.807, 2.05) is 0 Å². The summed E-state index contributed by atoms with van der Waals surface area (Å²) in [5, 5.41) is 10.2. The van der Waals surface area contributed by atoms with E-state index in [0.717, 1.165) is 0 Å². The number of carboxylic acids is 1. The number of carbonyl (C=O) groups is 2. The summed E-state index contributed by atoms with van der Waals surface area (Å²) in [5.74, 6) is -0.342. The molecule has 0 amide bonds. The average molecular weight is 556 g/mol. The Labute approximate surface area is 231 Å². The molecule has 1 saturated carbocycles. The van der Waals surface area contributed by atoms with E-state index in [0.29, 0.717) is 70.9 Å². The van der Waals surface area contributed by atoms with Crippen LogP contribution in [-0.2, 0) is 9.53 Å². The minimum Gasteiger partial charge on any atom is -0.493 e. The molecule has 0 unspecified atom stereocenters. The molecule has 0 spiro atoms. The van der Waals surface area contributed by atoms with Gasteiger partial charge in [0.1, 0.15) is 5.69 Å². The van der Waals surface area contributed by atoms with Gasteiger partial charge in [-0.1, -0.05) is 0 Å². The van der Waals surface area contributed by atoms with Gasteiger partial charge in [-0.25, -0.2) is 4.79 Å². The molecule has 11 nitrogen and oxygen atoms in total. The molecule has 0 saturated heterocycles. The molecule has 2 aromatic carbocycles. The number of aliphatic carboxylic acids is 1. The van der Waals surface area contributed by atoms with Crippen LogP contribution in [-0.4, -0.2) is 64.3 Å². The Hall–Kier alpha value is -4.41.